The number of rotatable bonds is 6. The van der Waals surface area contributed by atoms with Crippen LogP contribution in [-0.4, -0.2) is 18.4 Å². The number of amides is 2. The highest BCUT2D eigenvalue weighted by molar-refractivity contribution is 5.97. The van der Waals surface area contributed by atoms with Gasteiger partial charge in [0.1, 0.15) is 5.75 Å². The third kappa shape index (κ3) is 4.32. The van der Waals surface area contributed by atoms with Crippen LogP contribution in [0.5, 0.6) is 5.75 Å². The zero-order valence-corrected chi connectivity index (χ0v) is 13.2. The number of primary amides is 1. The second-order valence-corrected chi connectivity index (χ2v) is 5.30. The van der Waals surface area contributed by atoms with Gasteiger partial charge in [-0.3, -0.25) is 9.59 Å². The molecule has 0 heterocycles. The SMILES string of the molecule is Cc1ccccc1C(C)NC(=O)c1ccccc1OCC(N)=O. The quantitative estimate of drug-likeness (QED) is 0.859. The number of para-hydroxylation sites is 1. The highest BCUT2D eigenvalue weighted by atomic mass is 16.5. The topological polar surface area (TPSA) is 81.4 Å². The first-order valence-corrected chi connectivity index (χ1v) is 7.35. The van der Waals surface area contributed by atoms with Gasteiger partial charge in [0.15, 0.2) is 6.61 Å². The maximum Gasteiger partial charge on any atom is 0.255 e. The molecule has 0 aliphatic carbocycles. The summed E-state index contributed by atoms with van der Waals surface area (Å²) in [6.45, 7) is 3.66. The van der Waals surface area contributed by atoms with Crippen molar-refractivity contribution in [2.75, 3.05) is 6.61 Å². The van der Waals surface area contributed by atoms with Gasteiger partial charge in [-0.2, -0.15) is 0 Å². The van der Waals surface area contributed by atoms with Gasteiger partial charge in [0.05, 0.1) is 11.6 Å². The highest BCUT2D eigenvalue weighted by Crippen LogP contribution is 2.21. The lowest BCUT2D eigenvalue weighted by Crippen LogP contribution is -2.28. The predicted octanol–water partition coefficient (Wildman–Crippen LogP) is 2.35. The van der Waals surface area contributed by atoms with Gasteiger partial charge in [-0.05, 0) is 37.1 Å². The van der Waals surface area contributed by atoms with Crippen LogP contribution in [0.15, 0.2) is 48.5 Å². The van der Waals surface area contributed by atoms with Crippen LogP contribution < -0.4 is 15.8 Å². The molecule has 0 spiro atoms. The number of nitrogens with two attached hydrogens (primary N) is 1. The zero-order chi connectivity index (χ0) is 16.8. The Labute approximate surface area is 135 Å². The van der Waals surface area contributed by atoms with E-state index in [0.29, 0.717) is 11.3 Å². The number of hydrogen-bond donors (Lipinski definition) is 2. The zero-order valence-electron chi connectivity index (χ0n) is 13.2. The van der Waals surface area contributed by atoms with Gasteiger partial charge in [-0.15, -0.1) is 0 Å². The van der Waals surface area contributed by atoms with E-state index in [1.165, 1.54) is 0 Å². The molecule has 1 unspecified atom stereocenters. The number of nitrogens with one attached hydrogen (secondary N) is 1. The number of aryl methyl sites for hydroxylation is 1. The van der Waals surface area contributed by atoms with Crippen LogP contribution in [0, 0.1) is 6.92 Å². The summed E-state index contributed by atoms with van der Waals surface area (Å²) in [6.07, 6.45) is 0. The molecular weight excluding hydrogens is 292 g/mol. The first-order valence-electron chi connectivity index (χ1n) is 7.35. The molecule has 3 N–H and O–H groups in total. The Hall–Kier alpha value is -2.82. The third-order valence-corrected chi connectivity index (χ3v) is 3.50. The molecule has 1 atom stereocenters. The molecule has 0 saturated heterocycles. The molecule has 2 amide bonds. The summed E-state index contributed by atoms with van der Waals surface area (Å²) in [5, 5.41) is 2.95. The Balaban J connectivity index is 2.14. The van der Waals surface area contributed by atoms with E-state index in [4.69, 9.17) is 10.5 Å². The average Bonchev–Trinajstić information content (AvgIpc) is 2.53. The molecule has 0 saturated carbocycles. The van der Waals surface area contributed by atoms with E-state index in [-0.39, 0.29) is 18.6 Å². The third-order valence-electron chi connectivity index (χ3n) is 3.50. The van der Waals surface area contributed by atoms with Crippen LogP contribution in [0.2, 0.25) is 0 Å². The van der Waals surface area contributed by atoms with Gasteiger partial charge < -0.3 is 15.8 Å². The lowest BCUT2D eigenvalue weighted by molar-refractivity contribution is -0.119. The molecule has 5 heteroatoms. The van der Waals surface area contributed by atoms with E-state index < -0.39 is 5.91 Å². The fraction of sp³-hybridized carbons (Fsp3) is 0.222. The van der Waals surface area contributed by atoms with Crippen LogP contribution in [0.4, 0.5) is 0 Å². The minimum Gasteiger partial charge on any atom is -0.483 e. The van der Waals surface area contributed by atoms with Crippen molar-refractivity contribution >= 4 is 11.8 Å². The molecule has 0 aliphatic rings. The Kier molecular flexibility index (Phi) is 5.36. The normalized spacial score (nSPS) is 11.6. The lowest BCUT2D eigenvalue weighted by Gasteiger charge is -2.17. The van der Waals surface area contributed by atoms with Gasteiger partial charge in [0, 0.05) is 0 Å². The van der Waals surface area contributed by atoms with Crippen molar-refractivity contribution in [3.63, 3.8) is 0 Å². The summed E-state index contributed by atoms with van der Waals surface area (Å²) < 4.78 is 5.30. The molecule has 23 heavy (non-hydrogen) atoms. The Morgan fingerprint density at radius 1 is 1.13 bits per heavy atom. The molecule has 0 radical (unpaired) electrons. The maximum atomic E-state index is 12.5. The first-order chi connectivity index (χ1) is 11.0. The van der Waals surface area contributed by atoms with Crippen molar-refractivity contribution in [3.8, 4) is 5.75 Å². The number of carbonyl (C=O) groups excluding carboxylic acids is 2. The number of carbonyl (C=O) groups is 2. The lowest BCUT2D eigenvalue weighted by atomic mass is 10.0. The van der Waals surface area contributed by atoms with E-state index in [0.717, 1.165) is 11.1 Å². The molecule has 0 aliphatic heterocycles. The minimum atomic E-state index is -0.589. The van der Waals surface area contributed by atoms with E-state index in [9.17, 15) is 9.59 Å². The van der Waals surface area contributed by atoms with Gasteiger partial charge in [0.2, 0.25) is 0 Å². The Morgan fingerprint density at radius 2 is 1.78 bits per heavy atom. The Bertz CT molecular complexity index is 713. The van der Waals surface area contributed by atoms with Crippen LogP contribution >= 0.6 is 0 Å². The summed E-state index contributed by atoms with van der Waals surface area (Å²) in [5.41, 5.74) is 7.61. The number of benzene rings is 2. The van der Waals surface area contributed by atoms with Gasteiger partial charge >= 0.3 is 0 Å². The molecule has 2 aromatic rings. The molecule has 2 rings (SSSR count). The van der Waals surface area contributed by atoms with Crippen LogP contribution in [0.3, 0.4) is 0 Å². The second-order valence-electron chi connectivity index (χ2n) is 5.30. The smallest absolute Gasteiger partial charge is 0.255 e. The van der Waals surface area contributed by atoms with E-state index in [1.807, 2.05) is 38.1 Å². The van der Waals surface area contributed by atoms with Crippen LogP contribution in [0.1, 0.15) is 34.5 Å². The first kappa shape index (κ1) is 16.5. The molecule has 2 aromatic carbocycles. The molecular formula is C18H20N2O3. The molecule has 0 fully saturated rings. The molecule has 0 bridgehead atoms. The fourth-order valence-corrected chi connectivity index (χ4v) is 2.35. The number of ether oxygens (including phenoxy) is 1. The van der Waals surface area contributed by atoms with E-state index in [1.54, 1.807) is 24.3 Å². The Morgan fingerprint density at radius 3 is 2.48 bits per heavy atom. The minimum absolute atomic E-state index is 0.145. The average molecular weight is 312 g/mol. The predicted molar refractivity (Wildman–Crippen MR) is 88.2 cm³/mol. The van der Waals surface area contributed by atoms with Gasteiger partial charge in [-0.25, -0.2) is 0 Å². The van der Waals surface area contributed by atoms with Crippen LogP contribution in [0.25, 0.3) is 0 Å². The summed E-state index contributed by atoms with van der Waals surface area (Å²) in [6, 6.07) is 14.5. The highest BCUT2D eigenvalue weighted by Gasteiger charge is 2.16. The van der Waals surface area contributed by atoms with E-state index >= 15 is 0 Å². The largest absolute Gasteiger partial charge is 0.483 e. The summed E-state index contributed by atoms with van der Waals surface area (Å²) >= 11 is 0. The van der Waals surface area contributed by atoms with Gasteiger partial charge in [0.25, 0.3) is 11.8 Å². The van der Waals surface area contributed by atoms with Crippen LogP contribution in [-0.2, 0) is 4.79 Å². The fourth-order valence-electron chi connectivity index (χ4n) is 2.35. The summed E-state index contributed by atoms with van der Waals surface area (Å²) in [4.78, 5) is 23.3. The molecule has 120 valence electrons. The summed E-state index contributed by atoms with van der Waals surface area (Å²) in [5.74, 6) is -0.518. The maximum absolute atomic E-state index is 12.5. The monoisotopic (exact) mass is 312 g/mol. The molecule has 0 aromatic heterocycles. The van der Waals surface area contributed by atoms with Crippen molar-refractivity contribution in [1.29, 1.82) is 0 Å². The molecule has 5 nitrogen and oxygen atoms in total. The second kappa shape index (κ2) is 7.45. The van der Waals surface area contributed by atoms with Crippen molar-refractivity contribution in [1.82, 2.24) is 5.32 Å². The van der Waals surface area contributed by atoms with Crippen molar-refractivity contribution in [2.24, 2.45) is 5.73 Å². The standard InChI is InChI=1S/C18H20N2O3/c1-12-7-3-4-8-14(12)13(2)20-18(22)15-9-5-6-10-16(15)23-11-17(19)21/h3-10,13H,11H2,1-2H3,(H2,19,21)(H,20,22). The van der Waals surface area contributed by atoms with Gasteiger partial charge in [-0.1, -0.05) is 36.4 Å². The van der Waals surface area contributed by atoms with E-state index in [2.05, 4.69) is 5.32 Å². The van der Waals surface area contributed by atoms with Crippen molar-refractivity contribution < 1.29 is 14.3 Å². The van der Waals surface area contributed by atoms with Crippen molar-refractivity contribution in [2.45, 2.75) is 19.9 Å². The van der Waals surface area contributed by atoms with Crippen molar-refractivity contribution in [3.05, 3.63) is 65.2 Å². The summed E-state index contributed by atoms with van der Waals surface area (Å²) in [7, 11) is 0. The number of hydrogen-bond acceptors (Lipinski definition) is 3.